The zero-order chi connectivity index (χ0) is 29.2. The van der Waals surface area contributed by atoms with Crippen molar-refractivity contribution < 1.29 is 34.2 Å². The van der Waals surface area contributed by atoms with Crippen LogP contribution in [0, 0.1) is 5.41 Å². The molecule has 0 aromatic rings. The van der Waals surface area contributed by atoms with Crippen LogP contribution in [0.4, 0.5) is 0 Å². The first-order valence-corrected chi connectivity index (χ1v) is 14.2. The molecule has 0 unspecified atom stereocenters. The lowest BCUT2D eigenvalue weighted by atomic mass is 9.77. The molecule has 2 fully saturated rings. The summed E-state index contributed by atoms with van der Waals surface area (Å²) in [6, 6.07) is 0. The molecule has 9 heteroatoms. The zero-order valence-electron chi connectivity index (χ0n) is 25.6. The Labute approximate surface area is 230 Å². The molecule has 0 aromatic carbocycles. The van der Waals surface area contributed by atoms with E-state index in [4.69, 9.17) is 14.2 Å². The summed E-state index contributed by atoms with van der Waals surface area (Å²) in [7, 11) is 1.60. The Hall–Kier alpha value is -1.26. The van der Waals surface area contributed by atoms with Gasteiger partial charge in [0.25, 0.3) is 0 Å². The quantitative estimate of drug-likeness (QED) is 0.199. The third-order valence-electron chi connectivity index (χ3n) is 8.44. The smallest absolute Gasteiger partial charge is 0.323 e. The maximum Gasteiger partial charge on any atom is 0.323 e. The van der Waals surface area contributed by atoms with Gasteiger partial charge in [-0.3, -0.25) is 9.59 Å². The number of carbonyl (C=O) groups is 2. The van der Waals surface area contributed by atoms with Crippen molar-refractivity contribution in [3.63, 3.8) is 0 Å². The fourth-order valence-electron chi connectivity index (χ4n) is 6.67. The zero-order valence-corrected chi connectivity index (χ0v) is 25.6. The molecule has 0 amide bonds. The third-order valence-corrected chi connectivity index (χ3v) is 8.44. The molecular weight excluding hydrogens is 488 g/mol. The van der Waals surface area contributed by atoms with Crippen LogP contribution in [-0.2, 0) is 23.8 Å². The van der Waals surface area contributed by atoms with Crippen LogP contribution in [-0.4, -0.2) is 80.6 Å². The second kappa shape index (κ2) is 12.1. The standard InChI is InChI=1S/C29H54N2O7/c1-11-12-14-29(15-13-16-36-10,23(32)37-21-17-25(2,3)30(34)26(4,5)18-21)24(33)38-22-19-27(6,7)31(35)28(8,9)20-22/h21-22,34-35H,11-20H2,1-10H3. The van der Waals surface area contributed by atoms with Crippen molar-refractivity contribution in [2.75, 3.05) is 13.7 Å². The van der Waals surface area contributed by atoms with Crippen LogP contribution in [0.1, 0.15) is 120 Å². The lowest BCUT2D eigenvalue weighted by Crippen LogP contribution is -2.61. The van der Waals surface area contributed by atoms with Crippen LogP contribution in [0.25, 0.3) is 0 Å². The van der Waals surface area contributed by atoms with E-state index in [9.17, 15) is 20.0 Å². The Bertz CT molecular complexity index is 732. The molecule has 0 spiro atoms. The number of unbranched alkanes of at least 4 members (excludes halogenated alkanes) is 1. The maximum atomic E-state index is 14.0. The summed E-state index contributed by atoms with van der Waals surface area (Å²) in [6.45, 7) is 17.8. The van der Waals surface area contributed by atoms with Crippen LogP contribution in [0.2, 0.25) is 0 Å². The Morgan fingerprint density at radius 3 is 1.39 bits per heavy atom. The highest BCUT2D eigenvalue weighted by Crippen LogP contribution is 2.43. The minimum absolute atomic E-state index is 0.274. The van der Waals surface area contributed by atoms with Gasteiger partial charge in [-0.25, -0.2) is 0 Å². The predicted molar refractivity (Wildman–Crippen MR) is 145 cm³/mol. The summed E-state index contributed by atoms with van der Waals surface area (Å²) in [5, 5.41) is 24.1. The molecule has 9 nitrogen and oxygen atoms in total. The van der Waals surface area contributed by atoms with Gasteiger partial charge >= 0.3 is 11.9 Å². The second-order valence-corrected chi connectivity index (χ2v) is 14.0. The lowest BCUT2D eigenvalue weighted by molar-refractivity contribution is -0.263. The molecular formula is C29H54N2O7. The van der Waals surface area contributed by atoms with Gasteiger partial charge in [0, 0.05) is 61.6 Å². The first-order chi connectivity index (χ1) is 17.3. The number of nitrogens with zero attached hydrogens (tertiary/aromatic N) is 2. The van der Waals surface area contributed by atoms with Gasteiger partial charge in [-0.1, -0.05) is 19.8 Å². The van der Waals surface area contributed by atoms with E-state index in [1.54, 1.807) is 7.11 Å². The van der Waals surface area contributed by atoms with Crippen LogP contribution in [0.3, 0.4) is 0 Å². The minimum atomic E-state index is -1.44. The highest BCUT2D eigenvalue weighted by Gasteiger charge is 2.53. The van der Waals surface area contributed by atoms with E-state index in [0.29, 0.717) is 51.6 Å². The number of rotatable bonds is 11. The number of carbonyl (C=O) groups excluding carboxylic acids is 2. The molecule has 2 aliphatic heterocycles. The summed E-state index contributed by atoms with van der Waals surface area (Å²) in [5.41, 5.74) is -3.81. The average Bonchev–Trinajstić information content (AvgIpc) is 2.77. The maximum absolute atomic E-state index is 14.0. The highest BCUT2D eigenvalue weighted by atomic mass is 16.6. The van der Waals surface area contributed by atoms with Gasteiger partial charge in [0.05, 0.1) is 0 Å². The first kappa shape index (κ1) is 32.9. The van der Waals surface area contributed by atoms with Crippen molar-refractivity contribution in [3.05, 3.63) is 0 Å². The summed E-state index contributed by atoms with van der Waals surface area (Å²) in [5.74, 6) is -1.10. The van der Waals surface area contributed by atoms with Crippen LogP contribution in [0.5, 0.6) is 0 Å². The number of methoxy groups -OCH3 is 1. The summed E-state index contributed by atoms with van der Waals surface area (Å²) < 4.78 is 17.6. The number of piperidine rings is 2. The molecule has 38 heavy (non-hydrogen) atoms. The molecule has 0 radical (unpaired) electrons. The van der Waals surface area contributed by atoms with Crippen LogP contribution in [0.15, 0.2) is 0 Å². The summed E-state index contributed by atoms with van der Waals surface area (Å²) in [6.07, 6.45) is 3.54. The number of ether oxygens (including phenoxy) is 3. The Morgan fingerprint density at radius 1 is 0.737 bits per heavy atom. The molecule has 2 heterocycles. The van der Waals surface area contributed by atoms with Gasteiger partial charge in [-0.2, -0.15) is 10.1 Å². The molecule has 2 aliphatic rings. The van der Waals surface area contributed by atoms with Crippen molar-refractivity contribution in [1.82, 2.24) is 10.1 Å². The van der Waals surface area contributed by atoms with Gasteiger partial charge in [-0.05, 0) is 74.7 Å². The van der Waals surface area contributed by atoms with Crippen molar-refractivity contribution in [3.8, 4) is 0 Å². The predicted octanol–water partition coefficient (Wildman–Crippen LogP) is 5.50. The molecule has 0 aromatic heterocycles. The van der Waals surface area contributed by atoms with E-state index in [1.807, 2.05) is 62.3 Å². The molecule has 0 atom stereocenters. The van der Waals surface area contributed by atoms with Gasteiger partial charge in [0.15, 0.2) is 5.41 Å². The van der Waals surface area contributed by atoms with Crippen LogP contribution < -0.4 is 0 Å². The van der Waals surface area contributed by atoms with Gasteiger partial charge in [0.1, 0.15) is 12.2 Å². The monoisotopic (exact) mass is 542 g/mol. The van der Waals surface area contributed by atoms with Gasteiger partial charge in [-0.15, -0.1) is 0 Å². The topological polar surface area (TPSA) is 109 Å². The second-order valence-electron chi connectivity index (χ2n) is 14.0. The van der Waals surface area contributed by atoms with Crippen LogP contribution >= 0.6 is 0 Å². The molecule has 0 bridgehead atoms. The van der Waals surface area contributed by atoms with Gasteiger partial charge < -0.3 is 24.6 Å². The largest absolute Gasteiger partial charge is 0.461 e. The van der Waals surface area contributed by atoms with E-state index >= 15 is 0 Å². The van der Waals surface area contributed by atoms with Crippen molar-refractivity contribution in [1.29, 1.82) is 0 Å². The van der Waals surface area contributed by atoms with Gasteiger partial charge in [0.2, 0.25) is 0 Å². The van der Waals surface area contributed by atoms with E-state index in [0.717, 1.165) is 6.42 Å². The van der Waals surface area contributed by atoms with E-state index in [-0.39, 0.29) is 6.42 Å². The van der Waals surface area contributed by atoms with Crippen molar-refractivity contribution in [2.24, 2.45) is 5.41 Å². The summed E-state index contributed by atoms with van der Waals surface area (Å²) in [4.78, 5) is 28.1. The molecule has 0 aliphatic carbocycles. The fourth-order valence-corrected chi connectivity index (χ4v) is 6.67. The average molecular weight is 543 g/mol. The minimum Gasteiger partial charge on any atom is -0.461 e. The Balaban J connectivity index is 2.37. The number of hydroxylamine groups is 4. The lowest BCUT2D eigenvalue weighted by Gasteiger charge is -2.51. The van der Waals surface area contributed by atoms with Crippen molar-refractivity contribution in [2.45, 2.75) is 154 Å². The van der Waals surface area contributed by atoms with E-state index < -0.39 is 51.7 Å². The SMILES string of the molecule is CCCCC(CCCOC)(C(=O)OC1CC(C)(C)N(O)C(C)(C)C1)C(=O)OC1CC(C)(C)N(O)C(C)(C)C1. The highest BCUT2D eigenvalue weighted by molar-refractivity contribution is 6.00. The molecule has 2 N–H and O–H groups in total. The first-order valence-electron chi connectivity index (χ1n) is 14.2. The molecule has 222 valence electrons. The number of hydrogen-bond donors (Lipinski definition) is 2. The van der Waals surface area contributed by atoms with E-state index in [2.05, 4.69) is 0 Å². The van der Waals surface area contributed by atoms with E-state index in [1.165, 1.54) is 10.1 Å². The Kier molecular flexibility index (Phi) is 10.5. The third kappa shape index (κ3) is 7.27. The number of esters is 2. The summed E-state index contributed by atoms with van der Waals surface area (Å²) >= 11 is 0. The Morgan fingerprint density at radius 2 is 1.08 bits per heavy atom. The molecule has 2 rings (SSSR count). The molecule has 0 saturated carbocycles. The normalized spacial score (nSPS) is 24.2. The molecule has 2 saturated heterocycles. The number of hydrogen-bond acceptors (Lipinski definition) is 9. The van der Waals surface area contributed by atoms with Crippen molar-refractivity contribution >= 4 is 11.9 Å². The fraction of sp³-hybridized carbons (Fsp3) is 0.931.